The van der Waals surface area contributed by atoms with E-state index in [1.54, 1.807) is 0 Å². The van der Waals surface area contributed by atoms with Crippen LogP contribution in [0.15, 0.2) is 30.3 Å². The summed E-state index contributed by atoms with van der Waals surface area (Å²) < 4.78 is 5.67. The maximum Gasteiger partial charge on any atom is 0.222 e. The SMILES string of the molecule is O=C(CCCCc1ccccc1)N1CCOC(c2n[nH]c(CO)n2)C1. The standard InChI is InChI=1S/C18H24N4O3/c23-13-16-19-18(21-20-16)15-12-22(10-11-25-15)17(24)9-5-4-8-14-6-2-1-3-7-14/h1-3,6-7,15,23H,4-5,8-13H2,(H,19,20,21). The Kier molecular flexibility index (Phi) is 6.14. The van der Waals surface area contributed by atoms with Crippen LogP contribution in [0.3, 0.4) is 0 Å². The van der Waals surface area contributed by atoms with Crippen LogP contribution in [-0.4, -0.2) is 50.8 Å². The molecular weight excluding hydrogens is 320 g/mol. The summed E-state index contributed by atoms with van der Waals surface area (Å²) in [7, 11) is 0. The lowest BCUT2D eigenvalue weighted by Crippen LogP contribution is -2.42. The minimum absolute atomic E-state index is 0.152. The van der Waals surface area contributed by atoms with Gasteiger partial charge in [-0.3, -0.25) is 9.89 Å². The van der Waals surface area contributed by atoms with Gasteiger partial charge in [-0.1, -0.05) is 30.3 Å². The van der Waals surface area contributed by atoms with Crippen LogP contribution in [0.5, 0.6) is 0 Å². The van der Waals surface area contributed by atoms with Crippen LogP contribution in [0.25, 0.3) is 0 Å². The van der Waals surface area contributed by atoms with Crippen molar-refractivity contribution in [3.05, 3.63) is 47.5 Å². The van der Waals surface area contributed by atoms with Gasteiger partial charge in [-0.25, -0.2) is 4.98 Å². The van der Waals surface area contributed by atoms with Gasteiger partial charge in [0.05, 0.1) is 13.2 Å². The number of amides is 1. The highest BCUT2D eigenvalue weighted by atomic mass is 16.5. The highest BCUT2D eigenvalue weighted by Gasteiger charge is 2.27. The van der Waals surface area contributed by atoms with Crippen molar-refractivity contribution in [1.29, 1.82) is 0 Å². The van der Waals surface area contributed by atoms with Gasteiger partial charge >= 0.3 is 0 Å². The topological polar surface area (TPSA) is 91.3 Å². The number of aliphatic hydroxyl groups excluding tert-OH is 1. The van der Waals surface area contributed by atoms with E-state index < -0.39 is 0 Å². The third-order valence-electron chi connectivity index (χ3n) is 4.35. The molecule has 7 heteroatoms. The van der Waals surface area contributed by atoms with E-state index in [0.29, 0.717) is 37.8 Å². The Morgan fingerprint density at radius 1 is 1.32 bits per heavy atom. The van der Waals surface area contributed by atoms with Crippen molar-refractivity contribution in [3.63, 3.8) is 0 Å². The van der Waals surface area contributed by atoms with Gasteiger partial charge in [0.15, 0.2) is 5.82 Å². The molecule has 0 radical (unpaired) electrons. The number of benzene rings is 1. The number of rotatable bonds is 7. The molecule has 1 atom stereocenters. The van der Waals surface area contributed by atoms with Gasteiger partial charge in [-0.05, 0) is 24.8 Å². The van der Waals surface area contributed by atoms with Crippen LogP contribution in [0.1, 0.15) is 42.6 Å². The Labute approximate surface area is 147 Å². The van der Waals surface area contributed by atoms with Crippen molar-refractivity contribution in [1.82, 2.24) is 20.1 Å². The fourth-order valence-corrected chi connectivity index (χ4v) is 2.96. The Morgan fingerprint density at radius 3 is 2.92 bits per heavy atom. The fraction of sp³-hybridized carbons (Fsp3) is 0.500. The maximum absolute atomic E-state index is 12.4. The summed E-state index contributed by atoms with van der Waals surface area (Å²) >= 11 is 0. The summed E-state index contributed by atoms with van der Waals surface area (Å²) in [6.45, 7) is 1.35. The monoisotopic (exact) mass is 344 g/mol. The molecular formula is C18H24N4O3. The Bertz CT molecular complexity index is 674. The molecule has 0 spiro atoms. The normalized spacial score (nSPS) is 17.6. The van der Waals surface area contributed by atoms with Crippen LogP contribution in [0.2, 0.25) is 0 Å². The number of hydrogen-bond donors (Lipinski definition) is 2. The predicted molar refractivity (Wildman–Crippen MR) is 91.6 cm³/mol. The summed E-state index contributed by atoms with van der Waals surface area (Å²) in [5, 5.41) is 15.8. The van der Waals surface area contributed by atoms with E-state index in [1.165, 1.54) is 5.56 Å². The van der Waals surface area contributed by atoms with E-state index in [2.05, 4.69) is 27.3 Å². The average molecular weight is 344 g/mol. The number of ether oxygens (including phenoxy) is 1. The van der Waals surface area contributed by atoms with Gasteiger partial charge in [0, 0.05) is 13.0 Å². The number of aromatic nitrogens is 3. The summed E-state index contributed by atoms with van der Waals surface area (Å²) in [5.41, 5.74) is 1.31. The lowest BCUT2D eigenvalue weighted by atomic mass is 10.1. The molecule has 1 unspecified atom stereocenters. The number of morpholine rings is 1. The quantitative estimate of drug-likeness (QED) is 0.745. The van der Waals surface area contributed by atoms with Crippen LogP contribution in [0, 0.1) is 0 Å². The Hall–Kier alpha value is -2.25. The van der Waals surface area contributed by atoms with Gasteiger partial charge in [0.25, 0.3) is 0 Å². The smallest absolute Gasteiger partial charge is 0.222 e. The van der Waals surface area contributed by atoms with E-state index in [0.717, 1.165) is 19.3 Å². The average Bonchev–Trinajstić information content (AvgIpc) is 3.15. The molecule has 7 nitrogen and oxygen atoms in total. The van der Waals surface area contributed by atoms with Crippen LogP contribution < -0.4 is 0 Å². The molecule has 1 saturated heterocycles. The Balaban J connectivity index is 1.43. The molecule has 0 aliphatic carbocycles. The largest absolute Gasteiger partial charge is 0.388 e. The van der Waals surface area contributed by atoms with Crippen LogP contribution in [0.4, 0.5) is 0 Å². The number of unbranched alkanes of at least 4 members (excludes halogenated alkanes) is 1. The van der Waals surface area contributed by atoms with Crippen molar-refractivity contribution in [2.75, 3.05) is 19.7 Å². The number of carbonyl (C=O) groups is 1. The number of hydrogen-bond acceptors (Lipinski definition) is 5. The first-order valence-electron chi connectivity index (χ1n) is 8.71. The Morgan fingerprint density at radius 2 is 2.16 bits per heavy atom. The summed E-state index contributed by atoms with van der Waals surface area (Å²) in [6.07, 6.45) is 3.10. The van der Waals surface area contributed by atoms with Crippen LogP contribution in [-0.2, 0) is 22.6 Å². The minimum Gasteiger partial charge on any atom is -0.388 e. The molecule has 0 bridgehead atoms. The number of aliphatic hydroxyl groups is 1. The maximum atomic E-state index is 12.4. The number of aromatic amines is 1. The second-order valence-corrected chi connectivity index (χ2v) is 6.19. The molecule has 1 aromatic carbocycles. The van der Waals surface area contributed by atoms with Crippen molar-refractivity contribution in [2.24, 2.45) is 0 Å². The summed E-state index contributed by atoms with van der Waals surface area (Å²) in [4.78, 5) is 18.4. The first-order chi connectivity index (χ1) is 12.3. The zero-order valence-electron chi connectivity index (χ0n) is 14.2. The molecule has 2 aromatic rings. The first-order valence-corrected chi connectivity index (χ1v) is 8.71. The second-order valence-electron chi connectivity index (χ2n) is 6.19. The molecule has 3 rings (SSSR count). The highest BCUT2D eigenvalue weighted by Crippen LogP contribution is 2.20. The van der Waals surface area contributed by atoms with E-state index in [1.807, 2.05) is 23.1 Å². The fourth-order valence-electron chi connectivity index (χ4n) is 2.96. The van der Waals surface area contributed by atoms with Crippen molar-refractivity contribution in [2.45, 2.75) is 38.4 Å². The number of nitrogens with zero attached hydrogens (tertiary/aromatic N) is 3. The summed E-state index contributed by atoms with van der Waals surface area (Å²) in [6, 6.07) is 10.3. The van der Waals surface area contributed by atoms with Crippen molar-refractivity contribution < 1.29 is 14.6 Å². The molecule has 2 heterocycles. The molecule has 0 saturated carbocycles. The molecule has 1 aliphatic heterocycles. The molecule has 1 aromatic heterocycles. The van der Waals surface area contributed by atoms with E-state index in [9.17, 15) is 4.79 Å². The van der Waals surface area contributed by atoms with Gasteiger partial charge < -0.3 is 14.7 Å². The third-order valence-corrected chi connectivity index (χ3v) is 4.35. The number of carbonyl (C=O) groups excluding carboxylic acids is 1. The van der Waals surface area contributed by atoms with E-state index in [4.69, 9.17) is 9.84 Å². The number of aryl methyl sites for hydroxylation is 1. The third kappa shape index (κ3) is 4.87. The number of H-pyrrole nitrogens is 1. The lowest BCUT2D eigenvalue weighted by Gasteiger charge is -2.31. The summed E-state index contributed by atoms with van der Waals surface area (Å²) in [5.74, 6) is 1.05. The first kappa shape index (κ1) is 17.6. The minimum atomic E-state index is -0.335. The predicted octanol–water partition coefficient (Wildman–Crippen LogP) is 1.61. The molecule has 1 fully saturated rings. The molecule has 134 valence electrons. The van der Waals surface area contributed by atoms with E-state index in [-0.39, 0.29) is 18.6 Å². The zero-order chi connectivity index (χ0) is 17.5. The number of nitrogens with one attached hydrogen (secondary N) is 1. The second kappa shape index (κ2) is 8.73. The molecule has 25 heavy (non-hydrogen) atoms. The molecule has 1 aliphatic rings. The molecule has 2 N–H and O–H groups in total. The van der Waals surface area contributed by atoms with Gasteiger partial charge in [-0.2, -0.15) is 5.10 Å². The molecule has 1 amide bonds. The van der Waals surface area contributed by atoms with Crippen molar-refractivity contribution >= 4 is 5.91 Å². The highest BCUT2D eigenvalue weighted by molar-refractivity contribution is 5.76. The van der Waals surface area contributed by atoms with Gasteiger partial charge in [0.2, 0.25) is 5.91 Å². The van der Waals surface area contributed by atoms with Crippen molar-refractivity contribution in [3.8, 4) is 0 Å². The van der Waals surface area contributed by atoms with Gasteiger partial charge in [-0.15, -0.1) is 0 Å². The van der Waals surface area contributed by atoms with Crippen LogP contribution >= 0.6 is 0 Å². The lowest BCUT2D eigenvalue weighted by molar-refractivity contribution is -0.139. The van der Waals surface area contributed by atoms with Gasteiger partial charge in [0.1, 0.15) is 18.5 Å². The zero-order valence-corrected chi connectivity index (χ0v) is 14.2. The van der Waals surface area contributed by atoms with E-state index >= 15 is 0 Å².